The van der Waals surface area contributed by atoms with Gasteiger partial charge in [-0.05, 0) is 18.4 Å². The lowest BCUT2D eigenvalue weighted by molar-refractivity contribution is -0.380. The molecule has 19 heavy (non-hydrogen) atoms. The van der Waals surface area contributed by atoms with Gasteiger partial charge in [0.25, 0.3) is 5.91 Å². The fraction of sp³-hybridized carbons (Fsp3) is 0.455. The maximum atomic E-state index is 11.8. The summed E-state index contributed by atoms with van der Waals surface area (Å²) >= 11 is 0.718. The molecule has 0 saturated heterocycles. The minimum absolute atomic E-state index is 0.110. The van der Waals surface area contributed by atoms with E-state index < -0.39 is 22.8 Å². The maximum Gasteiger partial charge on any atom is 0.326 e. The second-order valence-electron chi connectivity index (χ2n) is 4.39. The van der Waals surface area contributed by atoms with Crippen LogP contribution in [0.2, 0.25) is 0 Å². The average molecular weight is 286 g/mol. The second kappa shape index (κ2) is 6.28. The van der Waals surface area contributed by atoms with Crippen LogP contribution in [0.5, 0.6) is 0 Å². The van der Waals surface area contributed by atoms with Gasteiger partial charge < -0.3 is 10.4 Å². The van der Waals surface area contributed by atoms with E-state index in [-0.39, 0.29) is 15.8 Å². The quantitative estimate of drug-likeness (QED) is 0.613. The van der Waals surface area contributed by atoms with Gasteiger partial charge in [-0.1, -0.05) is 25.2 Å². The van der Waals surface area contributed by atoms with E-state index in [1.54, 1.807) is 0 Å². The number of nitrogens with zero attached hydrogens (tertiary/aromatic N) is 1. The summed E-state index contributed by atoms with van der Waals surface area (Å²) in [4.78, 5) is 32.8. The van der Waals surface area contributed by atoms with E-state index in [0.717, 1.165) is 11.3 Å². The molecule has 2 N–H and O–H groups in total. The normalized spacial score (nSPS) is 12.2. The second-order valence-corrected chi connectivity index (χ2v) is 5.45. The van der Waals surface area contributed by atoms with Crippen molar-refractivity contribution in [2.45, 2.75) is 26.3 Å². The van der Waals surface area contributed by atoms with Crippen molar-refractivity contribution in [1.82, 2.24) is 5.32 Å². The van der Waals surface area contributed by atoms with Gasteiger partial charge in [-0.15, -0.1) is 0 Å². The van der Waals surface area contributed by atoms with Crippen LogP contribution in [0, 0.1) is 16.0 Å². The van der Waals surface area contributed by atoms with Gasteiger partial charge in [0.15, 0.2) is 0 Å². The largest absolute Gasteiger partial charge is 0.480 e. The number of rotatable bonds is 6. The summed E-state index contributed by atoms with van der Waals surface area (Å²) in [7, 11) is 0. The first kappa shape index (κ1) is 15.1. The number of aliphatic carboxylic acids is 1. The molecule has 1 aromatic heterocycles. The van der Waals surface area contributed by atoms with E-state index in [1.807, 2.05) is 13.8 Å². The fourth-order valence-corrected chi connectivity index (χ4v) is 2.19. The highest BCUT2D eigenvalue weighted by Gasteiger charge is 2.23. The van der Waals surface area contributed by atoms with Crippen LogP contribution in [0.25, 0.3) is 0 Å². The molecular formula is C11H14N2O5S. The molecule has 1 heterocycles. The zero-order valence-corrected chi connectivity index (χ0v) is 11.3. The minimum atomic E-state index is -1.12. The van der Waals surface area contributed by atoms with E-state index in [9.17, 15) is 19.7 Å². The molecule has 1 rings (SSSR count). The van der Waals surface area contributed by atoms with Crippen LogP contribution in [0.15, 0.2) is 12.1 Å². The van der Waals surface area contributed by atoms with Crippen LogP contribution < -0.4 is 5.32 Å². The third-order valence-electron chi connectivity index (χ3n) is 2.31. The monoisotopic (exact) mass is 286 g/mol. The van der Waals surface area contributed by atoms with Gasteiger partial charge >= 0.3 is 11.0 Å². The highest BCUT2D eigenvalue weighted by atomic mass is 32.1. The van der Waals surface area contributed by atoms with Crippen LogP contribution in [-0.2, 0) is 4.79 Å². The Bertz CT molecular complexity index is 497. The number of hydrogen-bond donors (Lipinski definition) is 2. The summed E-state index contributed by atoms with van der Waals surface area (Å²) in [5.41, 5.74) is 0. The third kappa shape index (κ3) is 4.32. The lowest BCUT2D eigenvalue weighted by Gasteiger charge is -2.15. The van der Waals surface area contributed by atoms with E-state index in [0.29, 0.717) is 6.42 Å². The molecule has 0 saturated carbocycles. The number of carboxylic acid groups (broad SMARTS) is 1. The van der Waals surface area contributed by atoms with Crippen molar-refractivity contribution < 1.29 is 19.6 Å². The number of thiophene rings is 1. The fourth-order valence-electron chi connectivity index (χ4n) is 1.47. The Balaban J connectivity index is 2.75. The van der Waals surface area contributed by atoms with Crippen LogP contribution in [0.3, 0.4) is 0 Å². The van der Waals surface area contributed by atoms with Crippen molar-refractivity contribution in [1.29, 1.82) is 0 Å². The summed E-state index contributed by atoms with van der Waals surface area (Å²) in [6.45, 7) is 3.69. The summed E-state index contributed by atoms with van der Waals surface area (Å²) in [5, 5.41) is 21.7. The lowest BCUT2D eigenvalue weighted by Crippen LogP contribution is -2.41. The predicted molar refractivity (Wildman–Crippen MR) is 69.3 cm³/mol. The number of carboxylic acids is 1. The van der Waals surface area contributed by atoms with Crippen molar-refractivity contribution in [2.24, 2.45) is 5.92 Å². The van der Waals surface area contributed by atoms with Gasteiger partial charge in [0.2, 0.25) is 0 Å². The molecule has 1 atom stereocenters. The summed E-state index contributed by atoms with van der Waals surface area (Å²) < 4.78 is 0. The number of hydrogen-bond acceptors (Lipinski definition) is 5. The van der Waals surface area contributed by atoms with E-state index >= 15 is 0 Å². The maximum absolute atomic E-state index is 11.8. The molecular weight excluding hydrogens is 272 g/mol. The van der Waals surface area contributed by atoms with Crippen molar-refractivity contribution in [3.8, 4) is 0 Å². The van der Waals surface area contributed by atoms with Crippen LogP contribution in [-0.4, -0.2) is 27.9 Å². The number of amides is 1. The molecule has 0 aliphatic heterocycles. The Morgan fingerprint density at radius 1 is 1.47 bits per heavy atom. The summed E-state index contributed by atoms with van der Waals surface area (Å²) in [6, 6.07) is 1.54. The van der Waals surface area contributed by atoms with Gasteiger partial charge in [0.05, 0.1) is 9.80 Å². The Morgan fingerprint density at radius 2 is 2.11 bits per heavy atom. The highest BCUT2D eigenvalue weighted by molar-refractivity contribution is 7.17. The first-order chi connectivity index (χ1) is 8.81. The van der Waals surface area contributed by atoms with Gasteiger partial charge in [-0.25, -0.2) is 4.79 Å². The Hall–Kier alpha value is -1.96. The van der Waals surface area contributed by atoms with Crippen molar-refractivity contribution >= 4 is 28.2 Å². The zero-order chi connectivity index (χ0) is 14.6. The van der Waals surface area contributed by atoms with Crippen LogP contribution >= 0.6 is 11.3 Å². The van der Waals surface area contributed by atoms with Gasteiger partial charge in [-0.3, -0.25) is 14.9 Å². The smallest absolute Gasteiger partial charge is 0.326 e. The number of nitrogens with one attached hydrogen (secondary N) is 1. The third-order valence-corrected chi connectivity index (χ3v) is 3.34. The average Bonchev–Trinajstić information content (AvgIpc) is 2.76. The van der Waals surface area contributed by atoms with Crippen molar-refractivity contribution in [3.63, 3.8) is 0 Å². The molecule has 104 valence electrons. The molecule has 0 bridgehead atoms. The molecule has 0 aliphatic rings. The topological polar surface area (TPSA) is 110 Å². The Morgan fingerprint density at radius 3 is 2.53 bits per heavy atom. The molecule has 0 fully saturated rings. The predicted octanol–water partition coefficient (Wildman–Crippen LogP) is 1.89. The minimum Gasteiger partial charge on any atom is -0.480 e. The molecule has 7 nitrogen and oxygen atoms in total. The number of carbonyl (C=O) groups excluding carboxylic acids is 1. The lowest BCUT2D eigenvalue weighted by atomic mass is 10.0. The SMILES string of the molecule is CC(C)C[C@H](NC(=O)c1ccc([N+](=O)[O-])s1)C(=O)O. The van der Waals surface area contributed by atoms with E-state index in [2.05, 4.69) is 5.32 Å². The zero-order valence-electron chi connectivity index (χ0n) is 10.5. The molecule has 0 aromatic carbocycles. The van der Waals surface area contributed by atoms with Crippen LogP contribution in [0.1, 0.15) is 29.9 Å². The first-order valence-corrected chi connectivity index (χ1v) is 6.40. The van der Waals surface area contributed by atoms with Gasteiger partial charge in [0.1, 0.15) is 6.04 Å². The molecule has 0 aliphatic carbocycles. The molecule has 8 heteroatoms. The number of carbonyl (C=O) groups is 2. The van der Waals surface area contributed by atoms with Gasteiger partial charge in [0, 0.05) is 6.07 Å². The Labute approximate surface area is 113 Å². The first-order valence-electron chi connectivity index (χ1n) is 5.59. The van der Waals surface area contributed by atoms with Gasteiger partial charge in [-0.2, -0.15) is 0 Å². The Kier molecular flexibility index (Phi) is 4.99. The van der Waals surface area contributed by atoms with Crippen molar-refractivity contribution in [3.05, 3.63) is 27.1 Å². The molecule has 1 aromatic rings. The molecule has 1 amide bonds. The van der Waals surface area contributed by atoms with E-state index in [1.165, 1.54) is 12.1 Å². The summed E-state index contributed by atoms with van der Waals surface area (Å²) in [6.07, 6.45) is 0.300. The highest BCUT2D eigenvalue weighted by Crippen LogP contribution is 2.23. The molecule has 0 radical (unpaired) electrons. The van der Waals surface area contributed by atoms with Crippen molar-refractivity contribution in [2.75, 3.05) is 0 Å². The number of nitro groups is 1. The standard InChI is InChI=1S/C11H14N2O5S/c1-6(2)5-7(11(15)16)12-10(14)8-3-4-9(19-8)13(17)18/h3-4,6-7H,5H2,1-2H3,(H,12,14)(H,15,16)/t7-/m0/s1. The molecule has 0 spiro atoms. The summed E-state index contributed by atoms with van der Waals surface area (Å²) in [5.74, 6) is -1.61. The van der Waals surface area contributed by atoms with E-state index in [4.69, 9.17) is 5.11 Å². The van der Waals surface area contributed by atoms with Crippen LogP contribution in [0.4, 0.5) is 5.00 Å². The molecule has 0 unspecified atom stereocenters.